The lowest BCUT2D eigenvalue weighted by Gasteiger charge is -2.47. The summed E-state index contributed by atoms with van der Waals surface area (Å²) in [6.45, 7) is 11.2. The lowest BCUT2D eigenvalue weighted by Crippen LogP contribution is -2.63. The topological polar surface area (TPSA) is 15.3 Å². The lowest BCUT2D eigenvalue weighted by atomic mass is 9.92. The maximum atomic E-state index is 5.39. The normalized spacial score (nSPS) is 34.7. The van der Waals surface area contributed by atoms with Gasteiger partial charge in [-0.05, 0) is 27.2 Å². The van der Waals surface area contributed by atoms with Crippen LogP contribution < -0.4 is 5.32 Å². The van der Waals surface area contributed by atoms with E-state index in [2.05, 4.69) is 43.8 Å². The van der Waals surface area contributed by atoms with Crippen molar-refractivity contribution in [1.82, 2.24) is 10.2 Å². The van der Waals surface area contributed by atoms with Crippen molar-refractivity contribution >= 4 is 0 Å². The van der Waals surface area contributed by atoms with Crippen molar-refractivity contribution in [3.63, 3.8) is 0 Å². The van der Waals surface area contributed by atoms with Gasteiger partial charge in [0.1, 0.15) is 0 Å². The molecule has 0 spiro atoms. The Morgan fingerprint density at radius 1 is 1.67 bits per heavy atom. The van der Waals surface area contributed by atoms with Crippen LogP contribution in [0.4, 0.5) is 0 Å². The first-order valence-corrected chi connectivity index (χ1v) is 5.96. The number of terminal acetylenes is 1. The number of hydrogen-bond donors (Lipinski definition) is 1. The number of rotatable bonds is 3. The van der Waals surface area contributed by atoms with Gasteiger partial charge >= 0.3 is 0 Å². The van der Waals surface area contributed by atoms with E-state index >= 15 is 0 Å². The first-order valence-electron chi connectivity index (χ1n) is 5.96. The lowest BCUT2D eigenvalue weighted by molar-refractivity contribution is 0.0618. The molecule has 1 rings (SSSR count). The van der Waals surface area contributed by atoms with E-state index in [4.69, 9.17) is 6.42 Å². The summed E-state index contributed by atoms with van der Waals surface area (Å²) in [6, 6.07) is 1.09. The minimum Gasteiger partial charge on any atom is -0.309 e. The van der Waals surface area contributed by atoms with Crippen LogP contribution in [0.15, 0.2) is 0 Å². The van der Waals surface area contributed by atoms with Crippen molar-refractivity contribution in [1.29, 1.82) is 0 Å². The molecule has 1 saturated heterocycles. The van der Waals surface area contributed by atoms with E-state index in [1.807, 2.05) is 0 Å². The minimum absolute atomic E-state index is 0.259. The summed E-state index contributed by atoms with van der Waals surface area (Å²) in [7, 11) is 0. The average molecular weight is 208 g/mol. The second kappa shape index (κ2) is 5.01. The van der Waals surface area contributed by atoms with Gasteiger partial charge in [-0.1, -0.05) is 6.92 Å². The van der Waals surface area contributed by atoms with Crippen molar-refractivity contribution in [3.8, 4) is 12.3 Å². The van der Waals surface area contributed by atoms with Gasteiger partial charge in [0.05, 0.1) is 0 Å². The average Bonchev–Trinajstić information content (AvgIpc) is 2.22. The van der Waals surface area contributed by atoms with Crippen molar-refractivity contribution < 1.29 is 0 Å². The molecule has 1 aliphatic heterocycles. The molecule has 0 aromatic rings. The number of piperazine rings is 1. The Kier molecular flexibility index (Phi) is 4.19. The summed E-state index contributed by atoms with van der Waals surface area (Å²) in [6.07, 6.45) is 7.41. The highest BCUT2D eigenvalue weighted by Crippen LogP contribution is 2.21. The third-order valence-electron chi connectivity index (χ3n) is 3.68. The molecule has 1 fully saturated rings. The summed E-state index contributed by atoms with van der Waals surface area (Å²) in [5.41, 5.74) is 0.259. The van der Waals surface area contributed by atoms with Gasteiger partial charge in [-0.25, -0.2) is 0 Å². The first kappa shape index (κ1) is 12.5. The van der Waals surface area contributed by atoms with Crippen molar-refractivity contribution in [3.05, 3.63) is 0 Å². The first-order chi connectivity index (χ1) is 7.02. The second-order valence-electron chi connectivity index (χ2n) is 5.07. The third-order valence-corrected chi connectivity index (χ3v) is 3.68. The van der Waals surface area contributed by atoms with Crippen LogP contribution in [0.2, 0.25) is 0 Å². The number of hydrogen-bond acceptors (Lipinski definition) is 2. The largest absolute Gasteiger partial charge is 0.309 e. The summed E-state index contributed by atoms with van der Waals surface area (Å²) in [5.74, 6) is 2.77. The van der Waals surface area contributed by atoms with Crippen molar-refractivity contribution in [2.75, 3.05) is 13.1 Å². The maximum absolute atomic E-state index is 5.39. The van der Waals surface area contributed by atoms with Gasteiger partial charge in [-0.2, -0.15) is 0 Å². The van der Waals surface area contributed by atoms with Gasteiger partial charge in [-0.15, -0.1) is 12.3 Å². The molecule has 2 nitrogen and oxygen atoms in total. The molecule has 0 aliphatic carbocycles. The molecular formula is C13H24N2. The van der Waals surface area contributed by atoms with Gasteiger partial charge < -0.3 is 5.32 Å². The molecule has 3 atom stereocenters. The summed E-state index contributed by atoms with van der Waals surface area (Å²) in [4.78, 5) is 2.54. The summed E-state index contributed by atoms with van der Waals surface area (Å²) < 4.78 is 0. The molecule has 1 N–H and O–H groups in total. The molecule has 0 aromatic heterocycles. The van der Waals surface area contributed by atoms with E-state index < -0.39 is 0 Å². The van der Waals surface area contributed by atoms with Crippen LogP contribution in [0.1, 0.15) is 40.5 Å². The summed E-state index contributed by atoms with van der Waals surface area (Å²) >= 11 is 0. The fourth-order valence-corrected chi connectivity index (χ4v) is 2.24. The van der Waals surface area contributed by atoms with E-state index in [1.54, 1.807) is 0 Å². The predicted molar refractivity (Wildman–Crippen MR) is 65.8 cm³/mol. The van der Waals surface area contributed by atoms with Crippen molar-refractivity contribution in [2.45, 2.75) is 58.2 Å². The van der Waals surface area contributed by atoms with Crippen LogP contribution in [-0.2, 0) is 0 Å². The molecule has 3 unspecified atom stereocenters. The monoisotopic (exact) mass is 208 g/mol. The molecule has 0 radical (unpaired) electrons. The highest BCUT2D eigenvalue weighted by atomic mass is 15.3. The highest BCUT2D eigenvalue weighted by molar-refractivity contribution is 4.97. The maximum Gasteiger partial charge on any atom is 0.0278 e. The number of nitrogens with zero attached hydrogens (tertiary/aromatic N) is 1. The van der Waals surface area contributed by atoms with Crippen LogP contribution in [0.5, 0.6) is 0 Å². The molecule has 0 aromatic carbocycles. The minimum atomic E-state index is 0.259. The van der Waals surface area contributed by atoms with Gasteiger partial charge in [-0.3, -0.25) is 4.90 Å². The van der Waals surface area contributed by atoms with Crippen LogP contribution >= 0.6 is 0 Å². The molecular weight excluding hydrogens is 184 g/mol. The third kappa shape index (κ3) is 2.96. The molecule has 0 saturated carbocycles. The van der Waals surface area contributed by atoms with Gasteiger partial charge in [0, 0.05) is 37.1 Å². The van der Waals surface area contributed by atoms with Gasteiger partial charge in [0.15, 0.2) is 0 Å². The molecule has 1 aliphatic rings. The second-order valence-corrected chi connectivity index (χ2v) is 5.07. The Labute approximate surface area is 94.4 Å². The molecule has 0 bridgehead atoms. The molecule has 1 heterocycles. The van der Waals surface area contributed by atoms with E-state index in [1.165, 1.54) is 6.42 Å². The van der Waals surface area contributed by atoms with Crippen LogP contribution in [0.3, 0.4) is 0 Å². The predicted octanol–water partition coefficient (Wildman–Crippen LogP) is 1.86. The van der Waals surface area contributed by atoms with Crippen LogP contribution in [-0.4, -0.2) is 35.6 Å². The zero-order valence-corrected chi connectivity index (χ0v) is 10.5. The zero-order chi connectivity index (χ0) is 11.5. The quantitative estimate of drug-likeness (QED) is 0.712. The van der Waals surface area contributed by atoms with Crippen molar-refractivity contribution in [2.24, 2.45) is 0 Å². The standard InChI is InChI=1S/C13H24N2/c1-6-8-11(3)15-10-13(5,7-2)14-9-12(15)4/h1,11-12,14H,7-10H2,2-5H3. The highest BCUT2D eigenvalue weighted by Gasteiger charge is 2.34. The number of nitrogens with one attached hydrogen (secondary N) is 1. The van der Waals surface area contributed by atoms with Crippen LogP contribution in [0, 0.1) is 12.3 Å². The molecule has 15 heavy (non-hydrogen) atoms. The SMILES string of the molecule is C#CCC(C)N1CC(C)(CC)NCC1C. The zero-order valence-electron chi connectivity index (χ0n) is 10.5. The molecule has 2 heteroatoms. The Morgan fingerprint density at radius 2 is 2.33 bits per heavy atom. The Morgan fingerprint density at radius 3 is 2.87 bits per heavy atom. The van der Waals surface area contributed by atoms with Gasteiger partial charge in [0.25, 0.3) is 0 Å². The van der Waals surface area contributed by atoms with E-state index in [0.29, 0.717) is 12.1 Å². The smallest absolute Gasteiger partial charge is 0.0278 e. The van der Waals surface area contributed by atoms with Crippen LogP contribution in [0.25, 0.3) is 0 Å². The Balaban J connectivity index is 2.65. The fraction of sp³-hybridized carbons (Fsp3) is 0.846. The van der Waals surface area contributed by atoms with E-state index in [9.17, 15) is 0 Å². The molecule has 0 amide bonds. The van der Waals surface area contributed by atoms with E-state index in [-0.39, 0.29) is 5.54 Å². The van der Waals surface area contributed by atoms with E-state index in [0.717, 1.165) is 19.5 Å². The summed E-state index contributed by atoms with van der Waals surface area (Å²) in [5, 5.41) is 3.63. The van der Waals surface area contributed by atoms with Gasteiger partial charge in [0.2, 0.25) is 0 Å². The Bertz CT molecular complexity index is 243. The fourth-order valence-electron chi connectivity index (χ4n) is 2.24. The molecule has 86 valence electrons. The Hall–Kier alpha value is -0.520.